The Labute approximate surface area is 73.2 Å². The first-order chi connectivity index (χ1) is 5.88. The van der Waals surface area contributed by atoms with Gasteiger partial charge in [-0.1, -0.05) is 0 Å². The summed E-state index contributed by atoms with van der Waals surface area (Å²) < 4.78 is 0. The molecule has 0 amide bonds. The molecule has 1 aliphatic heterocycles. The minimum Gasteiger partial charge on any atom is -0.366 e. The monoisotopic (exact) mass is 163 g/mol. The van der Waals surface area contributed by atoms with Crippen molar-refractivity contribution in [3.8, 4) is 12.3 Å². The third-order valence-corrected chi connectivity index (χ3v) is 2.11. The fraction of sp³-hybridized carbons (Fsp3) is 0.600. The maximum absolute atomic E-state index is 10.5. The lowest BCUT2D eigenvalue weighted by atomic mass is 10.2. The Morgan fingerprint density at radius 3 is 2.58 bits per heavy atom. The van der Waals surface area contributed by atoms with Gasteiger partial charge in [-0.2, -0.15) is 0 Å². The second-order valence-corrected chi connectivity index (χ2v) is 2.95. The van der Waals surface area contributed by atoms with Crippen LogP contribution in [0.4, 0.5) is 0 Å². The predicted molar refractivity (Wildman–Crippen MR) is 48.1 cm³/mol. The third-order valence-electron chi connectivity index (χ3n) is 2.11. The van der Waals surface area contributed by atoms with Crippen LogP contribution < -0.4 is 0 Å². The molecule has 0 radical (unpaired) electrons. The van der Waals surface area contributed by atoms with E-state index in [2.05, 4.69) is 10.8 Å². The topological polar surface area (TPSA) is 20.3 Å². The Morgan fingerprint density at radius 1 is 1.42 bits per heavy atom. The summed E-state index contributed by atoms with van der Waals surface area (Å²) in [4.78, 5) is 12.6. The highest BCUT2D eigenvalue weighted by atomic mass is 16.1. The number of terminal acetylenes is 1. The largest absolute Gasteiger partial charge is 0.366 e. The van der Waals surface area contributed by atoms with Crippen molar-refractivity contribution in [2.24, 2.45) is 0 Å². The van der Waals surface area contributed by atoms with Crippen LogP contribution in [0, 0.1) is 12.3 Å². The molecule has 2 heteroatoms. The molecule has 0 spiro atoms. The molecule has 0 unspecified atom stereocenters. The Kier molecular flexibility index (Phi) is 3.44. The van der Waals surface area contributed by atoms with E-state index in [-0.39, 0.29) is 0 Å². The van der Waals surface area contributed by atoms with Gasteiger partial charge in [-0.05, 0) is 12.8 Å². The number of hydrogen-bond donors (Lipinski definition) is 0. The molecule has 0 N–H and O–H groups in total. The van der Waals surface area contributed by atoms with E-state index in [1.165, 1.54) is 12.8 Å². The molecule has 1 heterocycles. The van der Waals surface area contributed by atoms with E-state index in [9.17, 15) is 4.79 Å². The summed E-state index contributed by atoms with van der Waals surface area (Å²) in [7, 11) is 0. The normalized spacial score (nSPS) is 15.4. The lowest BCUT2D eigenvalue weighted by Crippen LogP contribution is -2.18. The molecular weight excluding hydrogens is 150 g/mol. The van der Waals surface area contributed by atoms with Gasteiger partial charge in [0.2, 0.25) is 0 Å². The van der Waals surface area contributed by atoms with Gasteiger partial charge >= 0.3 is 0 Å². The van der Waals surface area contributed by atoms with E-state index < -0.39 is 0 Å². The summed E-state index contributed by atoms with van der Waals surface area (Å²) in [6, 6.07) is 0. The fourth-order valence-corrected chi connectivity index (χ4v) is 1.45. The van der Waals surface area contributed by atoms with Gasteiger partial charge in [-0.15, -0.1) is 12.3 Å². The number of allylic oxidation sites excluding steroid dienone is 1. The number of hydrogen-bond acceptors (Lipinski definition) is 2. The highest BCUT2D eigenvalue weighted by Gasteiger charge is 2.14. The Hall–Kier alpha value is -1.19. The molecule has 0 atom stereocenters. The maximum atomic E-state index is 10.5. The summed E-state index contributed by atoms with van der Waals surface area (Å²) in [5.74, 6) is 4.51. The highest BCUT2D eigenvalue weighted by Crippen LogP contribution is 2.15. The quantitative estimate of drug-likeness (QED) is 0.460. The zero-order chi connectivity index (χ0) is 8.81. The van der Waals surface area contributed by atoms with Gasteiger partial charge in [-0.3, -0.25) is 0 Å². The number of carbonyl (C=O) groups excluding carboxylic acids is 1. The zero-order valence-corrected chi connectivity index (χ0v) is 7.18. The molecule has 0 bridgehead atoms. The summed E-state index contributed by atoms with van der Waals surface area (Å²) in [5.41, 5.74) is 0.755. The number of likely N-dealkylation sites (tertiary alicyclic amines) is 1. The van der Waals surface area contributed by atoms with Crippen LogP contribution in [0.5, 0.6) is 0 Å². The minimum atomic E-state index is 0.640. The van der Waals surface area contributed by atoms with Crippen molar-refractivity contribution in [3.05, 3.63) is 5.70 Å². The van der Waals surface area contributed by atoms with Crippen molar-refractivity contribution >= 4 is 5.94 Å². The van der Waals surface area contributed by atoms with Gasteiger partial charge in [0.15, 0.2) is 0 Å². The molecule has 0 aromatic heterocycles. The minimum absolute atomic E-state index is 0.640. The molecule has 2 nitrogen and oxygen atoms in total. The summed E-state index contributed by atoms with van der Waals surface area (Å²) in [5, 5.41) is 0. The van der Waals surface area contributed by atoms with Crippen LogP contribution in [0.25, 0.3) is 0 Å². The molecule has 0 saturated carbocycles. The van der Waals surface area contributed by atoms with Crippen LogP contribution in [0.1, 0.15) is 25.7 Å². The van der Waals surface area contributed by atoms with E-state index in [4.69, 9.17) is 6.42 Å². The van der Waals surface area contributed by atoms with Gasteiger partial charge in [0.25, 0.3) is 0 Å². The second-order valence-electron chi connectivity index (χ2n) is 2.95. The van der Waals surface area contributed by atoms with Gasteiger partial charge in [-0.25, -0.2) is 4.79 Å². The van der Waals surface area contributed by atoms with Crippen molar-refractivity contribution in [3.63, 3.8) is 0 Å². The van der Waals surface area contributed by atoms with E-state index >= 15 is 0 Å². The van der Waals surface area contributed by atoms with Crippen LogP contribution in [0.2, 0.25) is 0 Å². The molecule has 0 aromatic rings. The first kappa shape index (κ1) is 8.90. The molecule has 1 saturated heterocycles. The standard InChI is InChI=1S/C10H13NO/c1-2-3-6-10(9-12)11-7-4-5-8-11/h1H,3-8H2. The molecule has 0 aromatic carbocycles. The van der Waals surface area contributed by atoms with E-state index in [0.29, 0.717) is 12.8 Å². The van der Waals surface area contributed by atoms with Gasteiger partial charge in [0.05, 0.1) is 5.70 Å². The number of rotatable bonds is 3. The smallest absolute Gasteiger partial charge is 0.145 e. The first-order valence-corrected chi connectivity index (χ1v) is 4.31. The average Bonchev–Trinajstić information content (AvgIpc) is 2.59. The SMILES string of the molecule is C#CCCC(=C=O)N1CCCC1. The van der Waals surface area contributed by atoms with Crippen LogP contribution in [-0.4, -0.2) is 23.9 Å². The number of nitrogens with zero attached hydrogens (tertiary/aromatic N) is 1. The van der Waals surface area contributed by atoms with Crippen molar-refractivity contribution in [1.82, 2.24) is 4.90 Å². The van der Waals surface area contributed by atoms with Crippen LogP contribution >= 0.6 is 0 Å². The van der Waals surface area contributed by atoms with Gasteiger partial charge < -0.3 is 4.90 Å². The molecule has 12 heavy (non-hydrogen) atoms. The first-order valence-electron chi connectivity index (χ1n) is 4.31. The molecule has 1 rings (SSSR count). The predicted octanol–water partition coefficient (Wildman–Crippen LogP) is 1.21. The third kappa shape index (κ3) is 2.15. The molecule has 1 fully saturated rings. The van der Waals surface area contributed by atoms with Crippen LogP contribution in [0.3, 0.4) is 0 Å². The van der Waals surface area contributed by atoms with Gasteiger partial charge in [0, 0.05) is 25.9 Å². The fourth-order valence-electron chi connectivity index (χ4n) is 1.45. The van der Waals surface area contributed by atoms with Crippen LogP contribution in [0.15, 0.2) is 5.70 Å². The highest BCUT2D eigenvalue weighted by molar-refractivity contribution is 5.51. The van der Waals surface area contributed by atoms with Crippen molar-refractivity contribution in [2.45, 2.75) is 25.7 Å². The van der Waals surface area contributed by atoms with E-state index in [1.807, 2.05) is 5.94 Å². The molecule has 0 aliphatic carbocycles. The average molecular weight is 163 g/mol. The lowest BCUT2D eigenvalue weighted by Gasteiger charge is -2.16. The second kappa shape index (κ2) is 4.64. The van der Waals surface area contributed by atoms with Crippen molar-refractivity contribution in [1.29, 1.82) is 0 Å². The Morgan fingerprint density at radius 2 is 2.08 bits per heavy atom. The maximum Gasteiger partial charge on any atom is 0.145 e. The van der Waals surface area contributed by atoms with Crippen molar-refractivity contribution < 1.29 is 4.79 Å². The summed E-state index contributed by atoms with van der Waals surface area (Å²) in [6.45, 7) is 1.99. The molecular formula is C10H13NO. The van der Waals surface area contributed by atoms with E-state index in [1.54, 1.807) is 0 Å². The van der Waals surface area contributed by atoms with E-state index in [0.717, 1.165) is 18.8 Å². The zero-order valence-electron chi connectivity index (χ0n) is 7.18. The van der Waals surface area contributed by atoms with Crippen molar-refractivity contribution in [2.75, 3.05) is 13.1 Å². The molecule has 1 aliphatic rings. The summed E-state index contributed by atoms with van der Waals surface area (Å²) in [6.07, 6.45) is 8.80. The molecule has 64 valence electrons. The van der Waals surface area contributed by atoms with Crippen LogP contribution in [-0.2, 0) is 4.79 Å². The lowest BCUT2D eigenvalue weighted by molar-refractivity contribution is 0.410. The summed E-state index contributed by atoms with van der Waals surface area (Å²) >= 11 is 0. The Balaban J connectivity index is 2.46. The Bertz CT molecular complexity index is 227. The van der Waals surface area contributed by atoms with Gasteiger partial charge in [0.1, 0.15) is 5.94 Å².